The number of nitrogens with two attached hydrogens (primary N) is 1. The lowest BCUT2D eigenvalue weighted by molar-refractivity contribution is 0.288. The predicted molar refractivity (Wildman–Crippen MR) is 70.6 cm³/mol. The zero-order chi connectivity index (χ0) is 11.7. The van der Waals surface area contributed by atoms with Gasteiger partial charge in [-0.1, -0.05) is 12.1 Å². The van der Waals surface area contributed by atoms with E-state index in [0.717, 1.165) is 25.2 Å². The second-order valence-corrected chi connectivity index (χ2v) is 5.13. The van der Waals surface area contributed by atoms with Crippen molar-refractivity contribution < 1.29 is 4.74 Å². The zero-order valence-corrected chi connectivity index (χ0v) is 10.4. The summed E-state index contributed by atoms with van der Waals surface area (Å²) in [4.78, 5) is 0. The summed E-state index contributed by atoms with van der Waals surface area (Å²) < 4.78 is 5.61. The van der Waals surface area contributed by atoms with E-state index in [4.69, 9.17) is 10.5 Å². The molecule has 0 radical (unpaired) electrons. The summed E-state index contributed by atoms with van der Waals surface area (Å²) in [5.41, 5.74) is 9.91. The smallest absolute Gasteiger partial charge is 0.122 e. The number of benzene rings is 1. The van der Waals surface area contributed by atoms with Gasteiger partial charge in [0.05, 0.1) is 12.6 Å². The maximum absolute atomic E-state index is 6.26. The van der Waals surface area contributed by atoms with Crippen LogP contribution in [0.15, 0.2) is 35.0 Å². The molecule has 0 saturated carbocycles. The van der Waals surface area contributed by atoms with E-state index in [1.165, 1.54) is 16.7 Å². The molecule has 1 aromatic carbocycles. The van der Waals surface area contributed by atoms with E-state index in [1.54, 1.807) is 11.3 Å². The van der Waals surface area contributed by atoms with Crippen molar-refractivity contribution in [3.05, 3.63) is 51.7 Å². The monoisotopic (exact) mass is 245 g/mol. The lowest BCUT2D eigenvalue weighted by Crippen LogP contribution is -2.13. The van der Waals surface area contributed by atoms with Gasteiger partial charge in [-0.15, -0.1) is 0 Å². The third-order valence-electron chi connectivity index (χ3n) is 3.19. The Labute approximate surface area is 105 Å². The third-order valence-corrected chi connectivity index (χ3v) is 3.90. The van der Waals surface area contributed by atoms with E-state index in [0.29, 0.717) is 0 Å². The molecule has 0 amide bonds. The van der Waals surface area contributed by atoms with Crippen LogP contribution in [0.4, 0.5) is 0 Å². The van der Waals surface area contributed by atoms with Gasteiger partial charge in [-0.05, 0) is 52.4 Å². The van der Waals surface area contributed by atoms with Crippen molar-refractivity contribution in [2.75, 3.05) is 6.61 Å². The van der Waals surface area contributed by atoms with Gasteiger partial charge in [-0.2, -0.15) is 11.3 Å². The van der Waals surface area contributed by atoms with Crippen molar-refractivity contribution in [3.8, 4) is 5.75 Å². The van der Waals surface area contributed by atoms with Gasteiger partial charge in [0.25, 0.3) is 0 Å². The normalized spacial score (nSPS) is 16.1. The highest BCUT2D eigenvalue weighted by atomic mass is 32.1. The van der Waals surface area contributed by atoms with Gasteiger partial charge in [0.1, 0.15) is 5.75 Å². The van der Waals surface area contributed by atoms with Gasteiger partial charge >= 0.3 is 0 Å². The summed E-state index contributed by atoms with van der Waals surface area (Å²) in [5, 5.41) is 4.18. The molecule has 3 rings (SSSR count). The van der Waals surface area contributed by atoms with Crippen LogP contribution in [0.3, 0.4) is 0 Å². The third kappa shape index (κ3) is 2.08. The fourth-order valence-electron chi connectivity index (χ4n) is 2.22. The lowest BCUT2D eigenvalue weighted by atomic mass is 9.97. The number of ether oxygens (including phenoxy) is 1. The minimum atomic E-state index is -0.0199. The maximum Gasteiger partial charge on any atom is 0.122 e. The molecular formula is C14H15NOS. The summed E-state index contributed by atoms with van der Waals surface area (Å²) in [6, 6.07) is 8.39. The van der Waals surface area contributed by atoms with Gasteiger partial charge in [0.2, 0.25) is 0 Å². The number of rotatable bonds is 2. The Bertz CT molecular complexity index is 507. The van der Waals surface area contributed by atoms with Crippen molar-refractivity contribution >= 4 is 11.3 Å². The van der Waals surface area contributed by atoms with Crippen molar-refractivity contribution in [1.29, 1.82) is 0 Å². The number of hydrogen-bond acceptors (Lipinski definition) is 3. The first kappa shape index (κ1) is 10.8. The Kier molecular flexibility index (Phi) is 2.87. The number of thiophene rings is 1. The highest BCUT2D eigenvalue weighted by molar-refractivity contribution is 7.08. The van der Waals surface area contributed by atoms with E-state index in [2.05, 4.69) is 35.0 Å². The molecule has 17 heavy (non-hydrogen) atoms. The molecule has 1 aliphatic heterocycles. The lowest BCUT2D eigenvalue weighted by Gasteiger charge is -2.19. The molecule has 0 bridgehead atoms. The number of fused-ring (bicyclic) bond motifs is 1. The van der Waals surface area contributed by atoms with Crippen molar-refractivity contribution in [2.24, 2.45) is 5.73 Å². The molecule has 0 fully saturated rings. The Hall–Kier alpha value is -1.32. The second kappa shape index (κ2) is 4.51. The Morgan fingerprint density at radius 1 is 1.24 bits per heavy atom. The average Bonchev–Trinajstić information content (AvgIpc) is 2.91. The SMILES string of the molecule is NC(c1ccsc1)c1ccc2c(c1)CCCO2. The first-order valence-corrected chi connectivity index (χ1v) is 6.82. The highest BCUT2D eigenvalue weighted by Gasteiger charge is 2.14. The first-order valence-electron chi connectivity index (χ1n) is 5.88. The minimum Gasteiger partial charge on any atom is -0.493 e. The highest BCUT2D eigenvalue weighted by Crippen LogP contribution is 2.29. The van der Waals surface area contributed by atoms with Gasteiger partial charge in [0.15, 0.2) is 0 Å². The fraction of sp³-hybridized carbons (Fsp3) is 0.286. The number of aryl methyl sites for hydroxylation is 1. The van der Waals surface area contributed by atoms with E-state index in [-0.39, 0.29) is 6.04 Å². The van der Waals surface area contributed by atoms with E-state index in [9.17, 15) is 0 Å². The summed E-state index contributed by atoms with van der Waals surface area (Å²) >= 11 is 1.69. The topological polar surface area (TPSA) is 35.2 Å². The zero-order valence-electron chi connectivity index (χ0n) is 9.56. The van der Waals surface area contributed by atoms with Crippen LogP contribution in [0, 0.1) is 0 Å². The molecule has 2 N–H and O–H groups in total. The van der Waals surface area contributed by atoms with Gasteiger partial charge in [0, 0.05) is 0 Å². The first-order chi connectivity index (χ1) is 8.34. The largest absolute Gasteiger partial charge is 0.493 e. The Morgan fingerprint density at radius 2 is 2.18 bits per heavy atom. The fourth-order valence-corrected chi connectivity index (χ4v) is 2.91. The molecule has 2 heterocycles. The molecule has 1 unspecified atom stereocenters. The molecule has 0 aliphatic carbocycles. The molecule has 1 atom stereocenters. The standard InChI is InChI=1S/C14H15NOS/c15-14(12-5-7-17-9-12)11-3-4-13-10(8-11)2-1-6-16-13/h3-5,7-9,14H,1-2,6,15H2. The van der Waals surface area contributed by atoms with Crippen molar-refractivity contribution in [3.63, 3.8) is 0 Å². The molecule has 3 heteroatoms. The van der Waals surface area contributed by atoms with Crippen molar-refractivity contribution in [2.45, 2.75) is 18.9 Å². The molecule has 0 spiro atoms. The van der Waals surface area contributed by atoms with E-state index >= 15 is 0 Å². The summed E-state index contributed by atoms with van der Waals surface area (Å²) in [6.45, 7) is 0.836. The summed E-state index contributed by atoms with van der Waals surface area (Å²) in [7, 11) is 0. The molecule has 0 saturated heterocycles. The van der Waals surface area contributed by atoms with Crippen LogP contribution in [-0.4, -0.2) is 6.61 Å². The summed E-state index contributed by atoms with van der Waals surface area (Å²) in [5.74, 6) is 1.03. The van der Waals surface area contributed by atoms with Gasteiger partial charge in [-0.3, -0.25) is 0 Å². The molecule has 88 valence electrons. The van der Waals surface area contributed by atoms with Crippen molar-refractivity contribution in [1.82, 2.24) is 0 Å². The molecule has 1 aromatic heterocycles. The predicted octanol–water partition coefficient (Wildman–Crippen LogP) is 3.12. The van der Waals surface area contributed by atoms with Crippen LogP contribution >= 0.6 is 11.3 Å². The van der Waals surface area contributed by atoms with Crippen LogP contribution < -0.4 is 10.5 Å². The van der Waals surface area contributed by atoms with E-state index in [1.807, 2.05) is 0 Å². The molecule has 1 aliphatic rings. The summed E-state index contributed by atoms with van der Waals surface area (Å²) in [6.07, 6.45) is 2.20. The van der Waals surface area contributed by atoms with E-state index < -0.39 is 0 Å². The minimum absolute atomic E-state index is 0.0199. The van der Waals surface area contributed by atoms with Crippen LogP contribution in [0.5, 0.6) is 5.75 Å². The Morgan fingerprint density at radius 3 is 3.00 bits per heavy atom. The average molecular weight is 245 g/mol. The van der Waals surface area contributed by atoms with Crippen LogP contribution in [-0.2, 0) is 6.42 Å². The molecular weight excluding hydrogens is 230 g/mol. The maximum atomic E-state index is 6.26. The Balaban J connectivity index is 1.93. The quantitative estimate of drug-likeness (QED) is 0.882. The van der Waals surface area contributed by atoms with Crippen LogP contribution in [0.1, 0.15) is 29.2 Å². The molecule has 2 nitrogen and oxygen atoms in total. The van der Waals surface area contributed by atoms with Gasteiger partial charge in [-0.25, -0.2) is 0 Å². The molecule has 2 aromatic rings. The van der Waals surface area contributed by atoms with Gasteiger partial charge < -0.3 is 10.5 Å². The van der Waals surface area contributed by atoms with Crippen LogP contribution in [0.2, 0.25) is 0 Å². The van der Waals surface area contributed by atoms with Crippen LogP contribution in [0.25, 0.3) is 0 Å². The second-order valence-electron chi connectivity index (χ2n) is 4.35. The number of hydrogen-bond donors (Lipinski definition) is 1.